The molecule has 2 rings (SSSR count). The molecule has 0 fully saturated rings. The summed E-state index contributed by atoms with van der Waals surface area (Å²) in [5.41, 5.74) is 1.87. The summed E-state index contributed by atoms with van der Waals surface area (Å²) in [5, 5.41) is 5.87. The van der Waals surface area contributed by atoms with Gasteiger partial charge in [0.05, 0.1) is 12.1 Å². The Balaban J connectivity index is 1.69. The van der Waals surface area contributed by atoms with Gasteiger partial charge < -0.3 is 10.2 Å². The van der Waals surface area contributed by atoms with Crippen LogP contribution in [0.4, 0.5) is 0 Å². The summed E-state index contributed by atoms with van der Waals surface area (Å²) < 4.78 is 0. The fraction of sp³-hybridized carbons (Fsp3) is 0.500. The summed E-state index contributed by atoms with van der Waals surface area (Å²) >= 11 is 1.56. The first kappa shape index (κ1) is 18.5. The van der Waals surface area contributed by atoms with Crippen LogP contribution in [0.2, 0.25) is 0 Å². The first-order valence-corrected chi connectivity index (χ1v) is 9.44. The Morgan fingerprint density at radius 1 is 1.21 bits per heavy atom. The van der Waals surface area contributed by atoms with Crippen molar-refractivity contribution in [3.8, 4) is 10.6 Å². The molecular formula is C18H26N4OS. The van der Waals surface area contributed by atoms with E-state index in [0.29, 0.717) is 6.42 Å². The van der Waals surface area contributed by atoms with E-state index in [-0.39, 0.29) is 5.91 Å². The summed E-state index contributed by atoms with van der Waals surface area (Å²) in [7, 11) is 0. The predicted molar refractivity (Wildman–Crippen MR) is 99.1 cm³/mol. The molecule has 0 bridgehead atoms. The molecular weight excluding hydrogens is 320 g/mol. The van der Waals surface area contributed by atoms with Gasteiger partial charge in [-0.25, -0.2) is 4.98 Å². The molecule has 2 aromatic heterocycles. The van der Waals surface area contributed by atoms with E-state index >= 15 is 0 Å². The summed E-state index contributed by atoms with van der Waals surface area (Å²) in [6, 6.07) is 3.86. The molecule has 1 N–H and O–H groups in total. The van der Waals surface area contributed by atoms with Crippen molar-refractivity contribution in [2.45, 2.75) is 33.1 Å². The fourth-order valence-electron chi connectivity index (χ4n) is 2.47. The van der Waals surface area contributed by atoms with Crippen LogP contribution in [0.3, 0.4) is 0 Å². The summed E-state index contributed by atoms with van der Waals surface area (Å²) in [4.78, 5) is 22.9. The number of amides is 1. The van der Waals surface area contributed by atoms with Crippen molar-refractivity contribution in [2.75, 3.05) is 26.2 Å². The molecule has 0 atom stereocenters. The minimum atomic E-state index is 0.0458. The average molecular weight is 347 g/mol. The van der Waals surface area contributed by atoms with Crippen LogP contribution in [0, 0.1) is 0 Å². The molecule has 2 aromatic rings. The normalized spacial score (nSPS) is 11.0. The number of pyridine rings is 1. The van der Waals surface area contributed by atoms with E-state index < -0.39 is 0 Å². The number of hydrogen-bond donors (Lipinski definition) is 1. The van der Waals surface area contributed by atoms with Crippen molar-refractivity contribution in [3.63, 3.8) is 0 Å². The van der Waals surface area contributed by atoms with Gasteiger partial charge in [0.2, 0.25) is 5.91 Å². The number of carbonyl (C=O) groups excluding carboxylic acids is 1. The molecule has 24 heavy (non-hydrogen) atoms. The van der Waals surface area contributed by atoms with E-state index in [2.05, 4.69) is 34.0 Å². The molecule has 1 amide bonds. The zero-order valence-electron chi connectivity index (χ0n) is 14.5. The van der Waals surface area contributed by atoms with Gasteiger partial charge in [0.1, 0.15) is 5.01 Å². The number of thiazole rings is 1. The lowest BCUT2D eigenvalue weighted by atomic mass is 10.2. The van der Waals surface area contributed by atoms with E-state index in [0.717, 1.165) is 55.3 Å². The monoisotopic (exact) mass is 346 g/mol. The van der Waals surface area contributed by atoms with E-state index in [4.69, 9.17) is 0 Å². The quantitative estimate of drug-likeness (QED) is 0.672. The molecule has 0 aliphatic rings. The predicted octanol–water partition coefficient (Wildman–Crippen LogP) is 2.99. The van der Waals surface area contributed by atoms with E-state index in [1.807, 2.05) is 17.5 Å². The van der Waals surface area contributed by atoms with Gasteiger partial charge >= 0.3 is 0 Å². The van der Waals surface area contributed by atoms with Crippen molar-refractivity contribution < 1.29 is 4.79 Å². The van der Waals surface area contributed by atoms with Crippen molar-refractivity contribution in [1.29, 1.82) is 0 Å². The second kappa shape index (κ2) is 10.2. The fourth-order valence-corrected chi connectivity index (χ4v) is 3.30. The smallest absolute Gasteiger partial charge is 0.226 e. The van der Waals surface area contributed by atoms with E-state index in [1.54, 1.807) is 23.7 Å². The largest absolute Gasteiger partial charge is 0.356 e. The maximum atomic E-state index is 12.0. The van der Waals surface area contributed by atoms with E-state index in [1.165, 1.54) is 0 Å². The highest BCUT2D eigenvalue weighted by molar-refractivity contribution is 7.13. The molecule has 6 heteroatoms. The van der Waals surface area contributed by atoms with Gasteiger partial charge in [-0.1, -0.05) is 13.8 Å². The molecule has 0 aliphatic heterocycles. The molecule has 2 heterocycles. The Bertz CT molecular complexity index is 610. The van der Waals surface area contributed by atoms with Gasteiger partial charge in [0.15, 0.2) is 0 Å². The molecule has 0 saturated carbocycles. The van der Waals surface area contributed by atoms with Gasteiger partial charge in [0, 0.05) is 29.9 Å². The summed E-state index contributed by atoms with van der Waals surface area (Å²) in [5.74, 6) is 0.0458. The number of unbranched alkanes of at least 4 members (excludes halogenated alkanes) is 1. The van der Waals surface area contributed by atoms with Crippen LogP contribution in [-0.4, -0.2) is 47.0 Å². The number of carbonyl (C=O) groups is 1. The van der Waals surface area contributed by atoms with Crippen molar-refractivity contribution >= 4 is 17.2 Å². The standard InChI is InChI=1S/C18H26N4OS/c1-3-22(4-2)12-6-5-9-20-17(23)13-16-14-24-18(21-16)15-7-10-19-11-8-15/h7-8,10-11,14H,3-6,9,12-13H2,1-2H3,(H,20,23). The highest BCUT2D eigenvalue weighted by atomic mass is 32.1. The van der Waals surface area contributed by atoms with Crippen LogP contribution >= 0.6 is 11.3 Å². The van der Waals surface area contributed by atoms with Crippen LogP contribution in [0.25, 0.3) is 10.6 Å². The zero-order valence-corrected chi connectivity index (χ0v) is 15.3. The lowest BCUT2D eigenvalue weighted by Crippen LogP contribution is -2.28. The molecule has 0 saturated heterocycles. The van der Waals surface area contributed by atoms with Gasteiger partial charge in [0.25, 0.3) is 0 Å². The Kier molecular flexibility index (Phi) is 7.85. The van der Waals surface area contributed by atoms with Gasteiger partial charge in [-0.05, 0) is 44.6 Å². The maximum Gasteiger partial charge on any atom is 0.226 e. The van der Waals surface area contributed by atoms with Gasteiger partial charge in [-0.3, -0.25) is 9.78 Å². The Hall–Kier alpha value is -1.79. The Labute approximate surface area is 148 Å². The third-order valence-corrected chi connectivity index (χ3v) is 4.88. The highest BCUT2D eigenvalue weighted by Gasteiger charge is 2.08. The van der Waals surface area contributed by atoms with Crippen LogP contribution in [0.5, 0.6) is 0 Å². The second-order valence-corrected chi connectivity index (χ2v) is 6.50. The maximum absolute atomic E-state index is 12.0. The van der Waals surface area contributed by atoms with E-state index in [9.17, 15) is 4.79 Å². The summed E-state index contributed by atoms with van der Waals surface area (Å²) in [6.07, 6.45) is 5.98. The number of hydrogen-bond acceptors (Lipinski definition) is 5. The minimum Gasteiger partial charge on any atom is -0.356 e. The minimum absolute atomic E-state index is 0.0458. The van der Waals surface area contributed by atoms with Crippen LogP contribution in [0.1, 0.15) is 32.4 Å². The van der Waals surface area contributed by atoms with Crippen LogP contribution in [-0.2, 0) is 11.2 Å². The molecule has 0 spiro atoms. The third-order valence-electron chi connectivity index (χ3n) is 3.94. The summed E-state index contributed by atoms with van der Waals surface area (Å²) in [6.45, 7) is 8.38. The number of nitrogens with one attached hydrogen (secondary N) is 1. The second-order valence-electron chi connectivity index (χ2n) is 5.64. The molecule has 0 unspecified atom stereocenters. The molecule has 0 aliphatic carbocycles. The first-order valence-electron chi connectivity index (χ1n) is 8.56. The van der Waals surface area contributed by atoms with Crippen molar-refractivity contribution in [1.82, 2.24) is 20.2 Å². The Morgan fingerprint density at radius 2 is 1.96 bits per heavy atom. The first-order chi connectivity index (χ1) is 11.7. The molecule has 130 valence electrons. The van der Waals surface area contributed by atoms with Crippen LogP contribution < -0.4 is 5.32 Å². The third kappa shape index (κ3) is 6.02. The zero-order chi connectivity index (χ0) is 17.2. The van der Waals surface area contributed by atoms with Gasteiger partial charge in [-0.15, -0.1) is 11.3 Å². The molecule has 0 aromatic carbocycles. The number of nitrogens with zero attached hydrogens (tertiary/aromatic N) is 3. The average Bonchev–Trinajstić information content (AvgIpc) is 3.07. The molecule has 5 nitrogen and oxygen atoms in total. The van der Waals surface area contributed by atoms with Gasteiger partial charge in [-0.2, -0.15) is 0 Å². The topological polar surface area (TPSA) is 58.1 Å². The SMILES string of the molecule is CCN(CC)CCCCNC(=O)Cc1csc(-c2ccncc2)n1. The molecule has 0 radical (unpaired) electrons. The van der Waals surface area contributed by atoms with Crippen molar-refractivity contribution in [2.24, 2.45) is 0 Å². The number of aromatic nitrogens is 2. The van der Waals surface area contributed by atoms with Crippen LogP contribution in [0.15, 0.2) is 29.9 Å². The Morgan fingerprint density at radius 3 is 2.67 bits per heavy atom. The number of rotatable bonds is 10. The lowest BCUT2D eigenvalue weighted by molar-refractivity contribution is -0.120. The van der Waals surface area contributed by atoms with Crippen molar-refractivity contribution in [3.05, 3.63) is 35.6 Å². The lowest BCUT2D eigenvalue weighted by Gasteiger charge is -2.17. The highest BCUT2D eigenvalue weighted by Crippen LogP contribution is 2.22.